The lowest BCUT2D eigenvalue weighted by molar-refractivity contribution is 0.684. The second-order valence-corrected chi connectivity index (χ2v) is 7.14. The van der Waals surface area contributed by atoms with Crippen molar-refractivity contribution in [2.24, 2.45) is 5.14 Å². The smallest absolute Gasteiger partial charge is 0.225 e. The summed E-state index contributed by atoms with van der Waals surface area (Å²) < 4.78 is 13.4. The van der Waals surface area contributed by atoms with Crippen molar-refractivity contribution in [3.05, 3.63) is 72.7 Å². The van der Waals surface area contributed by atoms with Crippen LogP contribution in [0.2, 0.25) is 0 Å². The van der Waals surface area contributed by atoms with E-state index in [2.05, 4.69) is 39.3 Å². The maximum Gasteiger partial charge on any atom is 0.225 e. The van der Waals surface area contributed by atoms with E-state index in [4.69, 9.17) is 5.14 Å². The van der Waals surface area contributed by atoms with Crippen molar-refractivity contribution in [2.75, 3.05) is 5.32 Å². The molecule has 2 aromatic carbocycles. The van der Waals surface area contributed by atoms with Crippen LogP contribution in [0.1, 0.15) is 18.5 Å². The number of benzene rings is 2. The van der Waals surface area contributed by atoms with E-state index in [1.165, 1.54) is 0 Å². The molecule has 0 aliphatic rings. The Labute approximate surface area is 158 Å². The molecule has 0 aliphatic carbocycles. The summed E-state index contributed by atoms with van der Waals surface area (Å²) in [6, 6.07) is 17.2. The number of imidazole rings is 1. The Morgan fingerprint density at radius 3 is 2.70 bits per heavy atom. The van der Waals surface area contributed by atoms with Crippen LogP contribution in [0.25, 0.3) is 16.9 Å². The van der Waals surface area contributed by atoms with Gasteiger partial charge in [0.25, 0.3) is 0 Å². The van der Waals surface area contributed by atoms with Gasteiger partial charge in [-0.15, -0.1) is 0 Å². The molecule has 2 unspecified atom stereocenters. The van der Waals surface area contributed by atoms with Gasteiger partial charge < -0.3 is 5.32 Å². The van der Waals surface area contributed by atoms with E-state index in [-0.39, 0.29) is 6.04 Å². The molecule has 3 N–H and O–H groups in total. The van der Waals surface area contributed by atoms with Gasteiger partial charge in [0, 0.05) is 6.20 Å². The van der Waals surface area contributed by atoms with Crippen LogP contribution < -0.4 is 10.5 Å². The van der Waals surface area contributed by atoms with E-state index in [1.807, 2.05) is 22.8 Å². The molecule has 2 aromatic heterocycles. The van der Waals surface area contributed by atoms with Crippen LogP contribution in [0, 0.1) is 0 Å². The average Bonchev–Trinajstić information content (AvgIpc) is 3.12. The van der Waals surface area contributed by atoms with Gasteiger partial charge in [-0.3, -0.25) is 4.57 Å². The first-order chi connectivity index (χ1) is 13.1. The summed E-state index contributed by atoms with van der Waals surface area (Å²) in [5.74, 6) is 1.18. The van der Waals surface area contributed by atoms with E-state index in [9.17, 15) is 4.21 Å². The van der Waals surface area contributed by atoms with Gasteiger partial charge in [-0.2, -0.15) is 4.98 Å². The summed E-state index contributed by atoms with van der Waals surface area (Å²) in [7, 11) is -1.55. The highest BCUT2D eigenvalue weighted by atomic mass is 32.2. The molecule has 27 heavy (non-hydrogen) atoms. The summed E-state index contributed by atoms with van der Waals surface area (Å²) in [6.45, 7) is 2.06. The Morgan fingerprint density at radius 2 is 1.93 bits per heavy atom. The number of anilines is 1. The van der Waals surface area contributed by atoms with Crippen LogP contribution in [0.15, 0.2) is 72.0 Å². The topological polar surface area (TPSA) is 98.7 Å². The Hall–Kier alpha value is -3.10. The monoisotopic (exact) mass is 378 g/mol. The SMILES string of the molecule is CC(Nc1nccc(-n2cnc3ccc(S(N)=O)cc32)n1)c1ccccc1. The maximum absolute atomic E-state index is 11.6. The first-order valence-corrected chi connectivity index (χ1v) is 9.61. The van der Waals surface area contributed by atoms with Crippen molar-refractivity contribution in [1.29, 1.82) is 0 Å². The number of aromatic nitrogens is 4. The van der Waals surface area contributed by atoms with Crippen molar-refractivity contribution < 1.29 is 4.21 Å². The molecule has 0 bridgehead atoms. The molecular formula is C19H18N6OS. The van der Waals surface area contributed by atoms with Gasteiger partial charge in [0.05, 0.1) is 22.0 Å². The largest absolute Gasteiger partial charge is 0.348 e. The number of fused-ring (bicyclic) bond motifs is 1. The molecule has 2 heterocycles. The Bertz CT molecular complexity index is 1110. The van der Waals surface area contributed by atoms with Crippen LogP contribution in [0.3, 0.4) is 0 Å². The predicted molar refractivity (Wildman–Crippen MR) is 106 cm³/mol. The third-order valence-corrected chi connectivity index (χ3v) is 5.00. The Morgan fingerprint density at radius 1 is 1.11 bits per heavy atom. The third kappa shape index (κ3) is 3.57. The zero-order chi connectivity index (χ0) is 18.8. The van der Waals surface area contributed by atoms with Crippen molar-refractivity contribution >= 4 is 28.0 Å². The fourth-order valence-corrected chi connectivity index (χ4v) is 3.30. The van der Waals surface area contributed by atoms with Crippen molar-refractivity contribution in [3.63, 3.8) is 0 Å². The quantitative estimate of drug-likeness (QED) is 0.556. The molecule has 0 aliphatic heterocycles. The van der Waals surface area contributed by atoms with E-state index in [0.717, 1.165) is 16.6 Å². The van der Waals surface area contributed by atoms with Gasteiger partial charge in [0.1, 0.15) is 23.1 Å². The Kier molecular flexibility index (Phi) is 4.66. The minimum atomic E-state index is -1.55. The minimum Gasteiger partial charge on any atom is -0.348 e. The first kappa shape index (κ1) is 17.3. The summed E-state index contributed by atoms with van der Waals surface area (Å²) in [5.41, 5.74) is 2.71. The summed E-state index contributed by atoms with van der Waals surface area (Å²) >= 11 is 0. The van der Waals surface area contributed by atoms with Gasteiger partial charge in [-0.05, 0) is 36.8 Å². The van der Waals surface area contributed by atoms with E-state index in [1.54, 1.807) is 36.8 Å². The van der Waals surface area contributed by atoms with Crippen molar-refractivity contribution in [2.45, 2.75) is 17.9 Å². The standard InChI is InChI=1S/C19H18N6OS/c1-13(14-5-3-2-4-6-14)23-19-21-10-9-18(24-19)25-12-22-16-8-7-15(27(20)26)11-17(16)25/h2-13H,20H2,1H3,(H,21,23,24). The predicted octanol–water partition coefficient (Wildman–Crippen LogP) is 2.97. The van der Waals surface area contributed by atoms with Crippen LogP contribution >= 0.6 is 0 Å². The zero-order valence-corrected chi connectivity index (χ0v) is 15.4. The molecule has 4 aromatic rings. The van der Waals surface area contributed by atoms with Crippen molar-refractivity contribution in [3.8, 4) is 5.82 Å². The molecule has 0 radical (unpaired) electrons. The molecule has 0 saturated heterocycles. The van der Waals surface area contributed by atoms with Gasteiger partial charge in [-0.1, -0.05) is 30.3 Å². The first-order valence-electron chi connectivity index (χ1n) is 8.40. The van der Waals surface area contributed by atoms with Crippen LogP contribution in [-0.4, -0.2) is 23.7 Å². The molecule has 0 amide bonds. The molecule has 7 nitrogen and oxygen atoms in total. The maximum atomic E-state index is 11.6. The van der Waals surface area contributed by atoms with Crippen LogP contribution in [0.5, 0.6) is 0 Å². The van der Waals surface area contributed by atoms with E-state index < -0.39 is 11.0 Å². The molecule has 8 heteroatoms. The number of hydrogen-bond acceptors (Lipinski definition) is 5. The highest BCUT2D eigenvalue weighted by Crippen LogP contribution is 2.21. The summed E-state index contributed by atoms with van der Waals surface area (Å²) in [5, 5.41) is 8.82. The second-order valence-electron chi connectivity index (χ2n) is 6.08. The Balaban J connectivity index is 1.67. The number of nitrogens with two attached hydrogens (primary N) is 1. The molecule has 0 spiro atoms. The number of hydrogen-bond donors (Lipinski definition) is 2. The van der Waals surface area contributed by atoms with Gasteiger partial charge in [0.15, 0.2) is 0 Å². The lowest BCUT2D eigenvalue weighted by Gasteiger charge is -2.14. The minimum absolute atomic E-state index is 0.0623. The lowest BCUT2D eigenvalue weighted by Crippen LogP contribution is -2.10. The third-order valence-electron chi connectivity index (χ3n) is 4.28. The van der Waals surface area contributed by atoms with Crippen LogP contribution in [0.4, 0.5) is 5.95 Å². The van der Waals surface area contributed by atoms with Crippen molar-refractivity contribution in [1.82, 2.24) is 19.5 Å². The zero-order valence-electron chi connectivity index (χ0n) is 14.6. The molecular weight excluding hydrogens is 360 g/mol. The summed E-state index contributed by atoms with van der Waals surface area (Å²) in [6.07, 6.45) is 3.37. The molecule has 0 fully saturated rings. The number of nitrogens with zero attached hydrogens (tertiary/aromatic N) is 4. The van der Waals surface area contributed by atoms with Crippen LogP contribution in [-0.2, 0) is 11.0 Å². The second kappa shape index (κ2) is 7.26. The fraction of sp³-hybridized carbons (Fsp3) is 0.105. The fourth-order valence-electron chi connectivity index (χ4n) is 2.87. The van der Waals surface area contributed by atoms with Gasteiger partial charge >= 0.3 is 0 Å². The van der Waals surface area contributed by atoms with E-state index in [0.29, 0.717) is 16.7 Å². The highest BCUT2D eigenvalue weighted by molar-refractivity contribution is 7.82. The van der Waals surface area contributed by atoms with Gasteiger partial charge in [0.2, 0.25) is 5.95 Å². The van der Waals surface area contributed by atoms with E-state index >= 15 is 0 Å². The normalized spacial score (nSPS) is 13.4. The summed E-state index contributed by atoms with van der Waals surface area (Å²) in [4.78, 5) is 13.8. The highest BCUT2D eigenvalue weighted by Gasteiger charge is 2.11. The molecule has 0 saturated carbocycles. The molecule has 2 atom stereocenters. The molecule has 136 valence electrons. The number of nitrogens with one attached hydrogen (secondary N) is 1. The lowest BCUT2D eigenvalue weighted by atomic mass is 10.1. The van der Waals surface area contributed by atoms with Gasteiger partial charge in [-0.25, -0.2) is 19.3 Å². The average molecular weight is 378 g/mol. The molecule has 4 rings (SSSR count). The number of rotatable bonds is 5.